The van der Waals surface area contributed by atoms with Crippen LogP contribution in [0.25, 0.3) is 0 Å². The Morgan fingerprint density at radius 2 is 1.70 bits per heavy atom. The number of anilines is 2. The molecular weight excluding hydrogens is 364 g/mol. The molecule has 1 heterocycles. The Bertz CT molecular complexity index is 770. The van der Waals surface area contributed by atoms with Gasteiger partial charge in [0.25, 0.3) is 0 Å². The lowest BCUT2D eigenvalue weighted by Gasteiger charge is -2.34. The number of carbonyl (C=O) groups excluding carboxylic acids is 1. The normalized spacial score (nSPS) is 17.5. The van der Waals surface area contributed by atoms with Crippen LogP contribution >= 0.6 is 11.6 Å². The number of hydrogen-bond donors (Lipinski definition) is 1. The van der Waals surface area contributed by atoms with Crippen molar-refractivity contribution in [3.63, 3.8) is 0 Å². The second kappa shape index (κ2) is 8.19. The molecule has 0 bridgehead atoms. The summed E-state index contributed by atoms with van der Waals surface area (Å²) in [7, 11) is 0. The van der Waals surface area contributed by atoms with Gasteiger partial charge in [-0.15, -0.1) is 0 Å². The van der Waals surface area contributed by atoms with Gasteiger partial charge in [0, 0.05) is 22.9 Å². The van der Waals surface area contributed by atoms with Crippen molar-refractivity contribution in [3.8, 4) is 0 Å². The summed E-state index contributed by atoms with van der Waals surface area (Å²) < 4.78 is 11.3. The van der Waals surface area contributed by atoms with E-state index in [0.717, 1.165) is 16.9 Å². The summed E-state index contributed by atoms with van der Waals surface area (Å²) in [4.78, 5) is 14.0. The molecule has 0 spiro atoms. The fraction of sp³-hybridized carbons (Fsp3) is 0.381. The first-order valence-corrected chi connectivity index (χ1v) is 9.40. The average molecular weight is 389 g/mol. The number of ether oxygens (including phenoxy) is 2. The number of benzene rings is 2. The molecular formula is C21H25ClN2O3. The van der Waals surface area contributed by atoms with Crippen molar-refractivity contribution < 1.29 is 14.3 Å². The Morgan fingerprint density at radius 3 is 2.30 bits per heavy atom. The van der Waals surface area contributed by atoms with Gasteiger partial charge in [-0.05, 0) is 62.7 Å². The lowest BCUT2D eigenvalue weighted by Crippen LogP contribution is -2.44. The number of amides is 1. The van der Waals surface area contributed by atoms with Crippen molar-refractivity contribution in [3.05, 3.63) is 59.1 Å². The lowest BCUT2D eigenvalue weighted by atomic mass is 10.1. The highest BCUT2D eigenvalue weighted by molar-refractivity contribution is 6.30. The lowest BCUT2D eigenvalue weighted by molar-refractivity contribution is -0.0432. The molecule has 0 unspecified atom stereocenters. The van der Waals surface area contributed by atoms with E-state index in [1.54, 1.807) is 4.90 Å². The van der Waals surface area contributed by atoms with Crippen LogP contribution in [-0.2, 0) is 9.47 Å². The molecule has 6 heteroatoms. The summed E-state index contributed by atoms with van der Waals surface area (Å²) in [5.74, 6) is 0. The largest absolute Gasteiger partial charge is 0.444 e. The maximum atomic E-state index is 12.3. The zero-order valence-electron chi connectivity index (χ0n) is 15.9. The molecule has 144 valence electrons. The van der Waals surface area contributed by atoms with Gasteiger partial charge >= 0.3 is 6.09 Å². The van der Waals surface area contributed by atoms with Gasteiger partial charge in [0.15, 0.2) is 0 Å². The minimum atomic E-state index is -0.500. The van der Waals surface area contributed by atoms with Gasteiger partial charge in [-0.2, -0.15) is 0 Å². The molecule has 3 rings (SSSR count). The predicted molar refractivity (Wildman–Crippen MR) is 108 cm³/mol. The highest BCUT2D eigenvalue weighted by Gasteiger charge is 2.28. The van der Waals surface area contributed by atoms with Crippen molar-refractivity contribution in [1.29, 1.82) is 0 Å². The van der Waals surface area contributed by atoms with Crippen LogP contribution in [0, 0.1) is 0 Å². The molecule has 1 atom stereocenters. The SMILES string of the molecule is CC(C)(C)OC(=O)N1CCO[C@@H](c2ccc(Nc3ccc(Cl)cc3)cc2)C1. The van der Waals surface area contributed by atoms with Crippen molar-refractivity contribution >= 4 is 29.1 Å². The highest BCUT2D eigenvalue weighted by Crippen LogP contribution is 2.26. The van der Waals surface area contributed by atoms with E-state index in [0.29, 0.717) is 24.7 Å². The van der Waals surface area contributed by atoms with Gasteiger partial charge in [0.2, 0.25) is 0 Å². The van der Waals surface area contributed by atoms with Crippen LogP contribution in [0.3, 0.4) is 0 Å². The monoisotopic (exact) mass is 388 g/mol. The van der Waals surface area contributed by atoms with E-state index < -0.39 is 5.60 Å². The van der Waals surface area contributed by atoms with Gasteiger partial charge in [0.1, 0.15) is 11.7 Å². The molecule has 1 N–H and O–H groups in total. The fourth-order valence-electron chi connectivity index (χ4n) is 2.82. The zero-order valence-corrected chi connectivity index (χ0v) is 16.6. The van der Waals surface area contributed by atoms with Crippen molar-refractivity contribution in [2.24, 2.45) is 0 Å². The van der Waals surface area contributed by atoms with E-state index in [2.05, 4.69) is 5.32 Å². The standard InChI is InChI=1S/C21H25ClN2O3/c1-21(2,3)27-20(25)24-12-13-26-19(14-24)15-4-8-17(9-5-15)23-18-10-6-16(22)7-11-18/h4-11,19,23H,12-14H2,1-3H3/t19-/m1/s1. The minimum absolute atomic E-state index is 0.157. The quantitative estimate of drug-likeness (QED) is 0.765. The van der Waals surface area contributed by atoms with Crippen LogP contribution in [0.1, 0.15) is 32.4 Å². The molecule has 5 nitrogen and oxygen atoms in total. The maximum absolute atomic E-state index is 12.3. The first kappa shape index (κ1) is 19.5. The number of rotatable bonds is 3. The Hall–Kier alpha value is -2.24. The summed E-state index contributed by atoms with van der Waals surface area (Å²) in [6.07, 6.45) is -0.451. The second-order valence-corrected chi connectivity index (χ2v) is 7.98. The van der Waals surface area contributed by atoms with Crippen LogP contribution in [0.4, 0.5) is 16.2 Å². The molecule has 2 aromatic rings. The Labute approximate surface area is 165 Å². The molecule has 1 aliphatic heterocycles. The number of nitrogens with one attached hydrogen (secondary N) is 1. The predicted octanol–water partition coefficient (Wildman–Crippen LogP) is 5.39. The summed E-state index contributed by atoms with van der Waals surface area (Å²) in [5.41, 5.74) is 2.47. The molecule has 27 heavy (non-hydrogen) atoms. The maximum Gasteiger partial charge on any atom is 0.410 e. The third-order valence-electron chi connectivity index (χ3n) is 4.13. The average Bonchev–Trinajstić information content (AvgIpc) is 2.63. The van der Waals surface area contributed by atoms with Gasteiger partial charge in [-0.3, -0.25) is 0 Å². The third kappa shape index (κ3) is 5.62. The molecule has 0 saturated carbocycles. The van der Waals surface area contributed by atoms with E-state index in [4.69, 9.17) is 21.1 Å². The summed E-state index contributed by atoms with van der Waals surface area (Å²) >= 11 is 5.91. The molecule has 0 radical (unpaired) electrons. The Kier molecular flexibility index (Phi) is 5.92. The van der Waals surface area contributed by atoms with E-state index in [1.165, 1.54) is 0 Å². The van der Waals surface area contributed by atoms with Gasteiger partial charge in [-0.1, -0.05) is 23.7 Å². The molecule has 1 saturated heterocycles. The van der Waals surface area contributed by atoms with Crippen LogP contribution < -0.4 is 5.32 Å². The van der Waals surface area contributed by atoms with Gasteiger partial charge < -0.3 is 19.7 Å². The first-order chi connectivity index (χ1) is 12.8. The van der Waals surface area contributed by atoms with Gasteiger partial charge in [0.05, 0.1) is 13.2 Å². The molecule has 1 fully saturated rings. The van der Waals surface area contributed by atoms with E-state index in [-0.39, 0.29) is 12.2 Å². The number of halogens is 1. The van der Waals surface area contributed by atoms with E-state index in [9.17, 15) is 4.79 Å². The van der Waals surface area contributed by atoms with Crippen LogP contribution in [-0.4, -0.2) is 36.3 Å². The van der Waals surface area contributed by atoms with Crippen molar-refractivity contribution in [1.82, 2.24) is 4.90 Å². The van der Waals surface area contributed by atoms with E-state index >= 15 is 0 Å². The molecule has 1 amide bonds. The number of carbonyl (C=O) groups is 1. The molecule has 2 aromatic carbocycles. The molecule has 0 aromatic heterocycles. The second-order valence-electron chi connectivity index (χ2n) is 7.54. The topological polar surface area (TPSA) is 50.8 Å². The number of hydrogen-bond acceptors (Lipinski definition) is 4. The zero-order chi connectivity index (χ0) is 19.4. The number of nitrogens with zero attached hydrogens (tertiary/aromatic N) is 1. The number of morpholine rings is 1. The fourth-order valence-corrected chi connectivity index (χ4v) is 2.95. The summed E-state index contributed by atoms with van der Waals surface area (Å²) in [6, 6.07) is 15.6. The summed E-state index contributed by atoms with van der Waals surface area (Å²) in [5, 5.41) is 4.04. The van der Waals surface area contributed by atoms with Gasteiger partial charge in [-0.25, -0.2) is 4.79 Å². The van der Waals surface area contributed by atoms with Crippen LogP contribution in [0.15, 0.2) is 48.5 Å². The Balaban J connectivity index is 1.62. The van der Waals surface area contributed by atoms with E-state index in [1.807, 2.05) is 69.3 Å². The minimum Gasteiger partial charge on any atom is -0.444 e. The van der Waals surface area contributed by atoms with Crippen molar-refractivity contribution in [2.45, 2.75) is 32.5 Å². The molecule has 1 aliphatic rings. The van der Waals surface area contributed by atoms with Crippen molar-refractivity contribution in [2.75, 3.05) is 25.0 Å². The van der Waals surface area contributed by atoms with Crippen LogP contribution in [0.5, 0.6) is 0 Å². The highest BCUT2D eigenvalue weighted by atomic mass is 35.5. The van der Waals surface area contributed by atoms with Crippen LogP contribution in [0.2, 0.25) is 5.02 Å². The first-order valence-electron chi connectivity index (χ1n) is 9.02. The Morgan fingerprint density at radius 1 is 1.11 bits per heavy atom. The smallest absolute Gasteiger partial charge is 0.410 e. The summed E-state index contributed by atoms with van der Waals surface area (Å²) in [6.45, 7) is 7.13. The molecule has 0 aliphatic carbocycles. The third-order valence-corrected chi connectivity index (χ3v) is 4.39.